The van der Waals surface area contributed by atoms with Gasteiger partial charge in [-0.05, 0) is 30.7 Å². The number of aromatic nitrogens is 3. The number of hydrogen-bond acceptors (Lipinski definition) is 6. The number of para-hydroxylation sites is 2. The van der Waals surface area contributed by atoms with E-state index in [1.54, 1.807) is 35.4 Å². The minimum atomic E-state index is -0.425. The largest absolute Gasteiger partial charge is 0.306 e. The van der Waals surface area contributed by atoms with Gasteiger partial charge < -0.3 is 4.57 Å². The summed E-state index contributed by atoms with van der Waals surface area (Å²) in [6.07, 6.45) is 5.38. The Bertz CT molecular complexity index is 1570. The Kier molecular flexibility index (Phi) is 6.15. The highest BCUT2D eigenvalue weighted by molar-refractivity contribution is 7.07. The van der Waals surface area contributed by atoms with E-state index in [0.29, 0.717) is 4.80 Å². The average Bonchev–Trinajstić information content (AvgIpc) is 3.56. The topological polar surface area (TPSA) is 90.6 Å². The van der Waals surface area contributed by atoms with Gasteiger partial charge in [0.1, 0.15) is 5.69 Å². The minimum Gasteiger partial charge on any atom is -0.306 e. The van der Waals surface area contributed by atoms with Crippen LogP contribution >= 0.6 is 11.3 Å². The number of benzene rings is 3. The Morgan fingerprint density at radius 3 is 2.46 bits per heavy atom. The van der Waals surface area contributed by atoms with E-state index in [-0.39, 0.29) is 11.4 Å². The fraction of sp³-hybridized carbons (Fsp3) is 0.0385. The van der Waals surface area contributed by atoms with Crippen LogP contribution in [0.3, 0.4) is 0 Å². The van der Waals surface area contributed by atoms with Crippen molar-refractivity contribution in [2.75, 3.05) is 0 Å². The van der Waals surface area contributed by atoms with Gasteiger partial charge in [0.25, 0.3) is 5.69 Å². The molecule has 0 aliphatic rings. The van der Waals surface area contributed by atoms with Gasteiger partial charge >= 0.3 is 0 Å². The molecule has 3 aromatic carbocycles. The van der Waals surface area contributed by atoms with Gasteiger partial charge in [-0.2, -0.15) is 5.10 Å². The first-order valence-corrected chi connectivity index (χ1v) is 11.7. The molecule has 0 spiro atoms. The number of nitro benzene ring substituents is 1. The van der Waals surface area contributed by atoms with E-state index in [1.807, 2.05) is 77.7 Å². The van der Waals surface area contributed by atoms with Gasteiger partial charge in [-0.3, -0.25) is 10.1 Å². The lowest BCUT2D eigenvalue weighted by Crippen LogP contribution is -2.14. The Hall–Kier alpha value is -4.63. The predicted molar refractivity (Wildman–Crippen MR) is 137 cm³/mol. The van der Waals surface area contributed by atoms with Crippen molar-refractivity contribution < 1.29 is 4.92 Å². The molecule has 5 rings (SSSR count). The molecule has 0 saturated heterocycles. The molecule has 0 N–H and O–H groups in total. The molecule has 0 unspecified atom stereocenters. The highest BCUT2D eigenvalue weighted by Gasteiger charge is 2.14. The van der Waals surface area contributed by atoms with E-state index in [1.165, 1.54) is 17.4 Å². The predicted octanol–water partition coefficient (Wildman–Crippen LogP) is 5.82. The summed E-state index contributed by atoms with van der Waals surface area (Å²) in [5, 5.41) is 18.4. The van der Waals surface area contributed by atoms with Crippen LogP contribution in [-0.4, -0.2) is 24.9 Å². The van der Waals surface area contributed by atoms with Gasteiger partial charge in [0, 0.05) is 35.1 Å². The second-order valence-electron chi connectivity index (χ2n) is 7.64. The fourth-order valence-corrected chi connectivity index (χ4v) is 4.43. The van der Waals surface area contributed by atoms with E-state index in [9.17, 15) is 10.1 Å². The van der Waals surface area contributed by atoms with Crippen molar-refractivity contribution >= 4 is 28.4 Å². The Balaban J connectivity index is 1.62. The summed E-state index contributed by atoms with van der Waals surface area (Å²) in [4.78, 5) is 20.3. The normalized spacial score (nSPS) is 12.1. The standard InChI is InChI=1S/C26H20N6O2S/c1-19(20-11-13-22(14-12-20)30-16-15-27-18-30)29-31-25(21-7-3-2-4-8-21)17-35-26(31)28-23-9-5-6-10-24(23)32(33)34/h2-18H,1H3. The van der Waals surface area contributed by atoms with Crippen LogP contribution in [0.4, 0.5) is 11.4 Å². The zero-order valence-electron chi connectivity index (χ0n) is 18.7. The summed E-state index contributed by atoms with van der Waals surface area (Å²) in [6, 6.07) is 24.3. The molecule has 0 atom stereocenters. The van der Waals surface area contributed by atoms with Gasteiger partial charge in [-0.25, -0.2) is 14.7 Å². The molecule has 35 heavy (non-hydrogen) atoms. The molecule has 0 amide bonds. The first-order valence-electron chi connectivity index (χ1n) is 10.8. The molecule has 0 radical (unpaired) electrons. The molecule has 0 bridgehead atoms. The average molecular weight is 481 g/mol. The van der Waals surface area contributed by atoms with Gasteiger partial charge in [-0.1, -0.05) is 54.6 Å². The second-order valence-corrected chi connectivity index (χ2v) is 8.48. The van der Waals surface area contributed by atoms with E-state index in [0.717, 1.165) is 28.2 Å². The van der Waals surface area contributed by atoms with Crippen LogP contribution in [-0.2, 0) is 0 Å². The molecule has 2 aromatic heterocycles. The molecular formula is C26H20N6O2S. The van der Waals surface area contributed by atoms with E-state index in [4.69, 9.17) is 5.10 Å². The van der Waals surface area contributed by atoms with Crippen molar-refractivity contribution in [3.63, 3.8) is 0 Å². The van der Waals surface area contributed by atoms with Crippen molar-refractivity contribution in [1.29, 1.82) is 0 Å². The third-order valence-corrected chi connectivity index (χ3v) is 6.20. The highest BCUT2D eigenvalue weighted by atomic mass is 32.1. The molecule has 0 saturated carbocycles. The minimum absolute atomic E-state index is 0.0514. The number of nitrogens with zero attached hydrogens (tertiary/aromatic N) is 6. The van der Waals surface area contributed by atoms with Crippen LogP contribution in [0.5, 0.6) is 0 Å². The molecular weight excluding hydrogens is 460 g/mol. The third-order valence-electron chi connectivity index (χ3n) is 5.39. The summed E-state index contributed by atoms with van der Waals surface area (Å²) in [6.45, 7) is 1.93. The quantitative estimate of drug-likeness (QED) is 0.174. The summed E-state index contributed by atoms with van der Waals surface area (Å²) in [7, 11) is 0. The van der Waals surface area contributed by atoms with Gasteiger partial charge in [-0.15, -0.1) is 11.3 Å². The zero-order chi connectivity index (χ0) is 24.2. The van der Waals surface area contributed by atoms with Crippen LogP contribution in [0.15, 0.2) is 113 Å². The molecule has 0 aliphatic carbocycles. The molecule has 172 valence electrons. The first-order chi connectivity index (χ1) is 17.1. The second kappa shape index (κ2) is 9.70. The zero-order valence-corrected chi connectivity index (χ0v) is 19.5. The SMILES string of the molecule is CC(=Nn1c(-c2ccccc2)csc1=Nc1ccccc1[N+](=O)[O-])c1ccc(-n2ccnc2)cc1. The Labute approximate surface area is 205 Å². The monoisotopic (exact) mass is 480 g/mol. The number of hydrogen-bond donors (Lipinski definition) is 0. The van der Waals surface area contributed by atoms with E-state index < -0.39 is 4.92 Å². The van der Waals surface area contributed by atoms with Crippen LogP contribution < -0.4 is 4.80 Å². The molecule has 0 fully saturated rings. The van der Waals surface area contributed by atoms with Crippen LogP contribution in [0.2, 0.25) is 0 Å². The number of nitro groups is 1. The number of thiazole rings is 1. The Morgan fingerprint density at radius 2 is 1.74 bits per heavy atom. The third kappa shape index (κ3) is 4.71. The van der Waals surface area contributed by atoms with Crippen molar-refractivity contribution in [1.82, 2.24) is 14.2 Å². The lowest BCUT2D eigenvalue weighted by molar-refractivity contribution is -0.384. The lowest BCUT2D eigenvalue weighted by Gasteiger charge is -2.08. The van der Waals surface area contributed by atoms with Gasteiger partial charge in [0.15, 0.2) is 0 Å². The van der Waals surface area contributed by atoms with Gasteiger partial charge in [0.2, 0.25) is 4.80 Å². The number of rotatable bonds is 6. The molecule has 5 aromatic rings. The van der Waals surface area contributed by atoms with Crippen LogP contribution in [0, 0.1) is 10.1 Å². The van der Waals surface area contributed by atoms with E-state index >= 15 is 0 Å². The first kappa shape index (κ1) is 22.2. The molecule has 8 nitrogen and oxygen atoms in total. The molecule has 2 heterocycles. The smallest absolute Gasteiger partial charge is 0.294 e. The fourth-order valence-electron chi connectivity index (χ4n) is 3.59. The summed E-state index contributed by atoms with van der Waals surface area (Å²) in [5.41, 5.74) is 4.78. The van der Waals surface area contributed by atoms with Gasteiger partial charge in [0.05, 0.1) is 22.7 Å². The highest BCUT2D eigenvalue weighted by Crippen LogP contribution is 2.27. The molecule has 9 heteroatoms. The number of imidazole rings is 1. The summed E-state index contributed by atoms with van der Waals surface area (Å²) in [5.74, 6) is 0. The van der Waals surface area contributed by atoms with Crippen LogP contribution in [0.1, 0.15) is 12.5 Å². The van der Waals surface area contributed by atoms with Crippen LogP contribution in [0.25, 0.3) is 16.9 Å². The van der Waals surface area contributed by atoms with Crippen molar-refractivity contribution in [2.45, 2.75) is 6.92 Å². The Morgan fingerprint density at radius 1 is 1.00 bits per heavy atom. The summed E-state index contributed by atoms with van der Waals surface area (Å²) >= 11 is 1.38. The maximum atomic E-state index is 11.5. The van der Waals surface area contributed by atoms with Crippen molar-refractivity contribution in [3.05, 3.63) is 123 Å². The maximum absolute atomic E-state index is 11.5. The van der Waals surface area contributed by atoms with E-state index in [2.05, 4.69) is 9.98 Å². The van der Waals surface area contributed by atoms with Crippen molar-refractivity contribution in [2.24, 2.45) is 10.1 Å². The molecule has 0 aliphatic heterocycles. The van der Waals surface area contributed by atoms with Crippen molar-refractivity contribution in [3.8, 4) is 16.9 Å². The summed E-state index contributed by atoms with van der Waals surface area (Å²) < 4.78 is 3.68. The lowest BCUT2D eigenvalue weighted by atomic mass is 10.1. The maximum Gasteiger partial charge on any atom is 0.294 e.